The predicted octanol–water partition coefficient (Wildman–Crippen LogP) is -0.0143. The van der Waals surface area contributed by atoms with Crippen molar-refractivity contribution in [1.29, 1.82) is 0 Å². The van der Waals surface area contributed by atoms with Crippen molar-refractivity contribution < 1.29 is 9.53 Å². The van der Waals surface area contributed by atoms with Crippen molar-refractivity contribution in [2.24, 2.45) is 0 Å². The topological polar surface area (TPSA) is 41.6 Å². The van der Waals surface area contributed by atoms with Gasteiger partial charge < -0.3 is 15.0 Å². The molecule has 2 aliphatic heterocycles. The molecule has 0 radical (unpaired) electrons. The minimum absolute atomic E-state index is 0.00181. The number of hydrogen-bond donors (Lipinski definition) is 1. The summed E-state index contributed by atoms with van der Waals surface area (Å²) >= 11 is 0. The average molecular weight is 198 g/mol. The van der Waals surface area contributed by atoms with Gasteiger partial charge in [-0.1, -0.05) is 0 Å². The number of nitrogens with one attached hydrogen (secondary N) is 1. The quantitative estimate of drug-likeness (QED) is 0.678. The summed E-state index contributed by atoms with van der Waals surface area (Å²) in [7, 11) is 1.70. The number of likely N-dealkylation sites (tertiary alicyclic amines) is 1. The molecule has 2 atom stereocenters. The summed E-state index contributed by atoms with van der Waals surface area (Å²) in [6.07, 6.45) is 3.36. The summed E-state index contributed by atoms with van der Waals surface area (Å²) in [5.41, 5.74) is 0. The van der Waals surface area contributed by atoms with Crippen LogP contribution in [0.3, 0.4) is 0 Å². The molecule has 4 heteroatoms. The molecule has 2 heterocycles. The molecule has 4 nitrogen and oxygen atoms in total. The number of amides is 1. The lowest BCUT2D eigenvalue weighted by Gasteiger charge is -2.19. The first-order valence-corrected chi connectivity index (χ1v) is 5.36. The lowest BCUT2D eigenvalue weighted by molar-refractivity contribution is -0.132. The van der Waals surface area contributed by atoms with E-state index in [0.717, 1.165) is 38.9 Å². The van der Waals surface area contributed by atoms with Gasteiger partial charge in [0.1, 0.15) is 0 Å². The van der Waals surface area contributed by atoms with E-state index in [2.05, 4.69) is 5.32 Å². The van der Waals surface area contributed by atoms with Crippen LogP contribution in [0.1, 0.15) is 19.3 Å². The van der Waals surface area contributed by atoms with E-state index in [9.17, 15) is 4.79 Å². The maximum absolute atomic E-state index is 11.9. The molecule has 2 fully saturated rings. The minimum atomic E-state index is -0.00181. The van der Waals surface area contributed by atoms with Crippen molar-refractivity contribution in [3.8, 4) is 0 Å². The van der Waals surface area contributed by atoms with E-state index in [1.54, 1.807) is 7.11 Å². The van der Waals surface area contributed by atoms with Gasteiger partial charge in [-0.2, -0.15) is 0 Å². The summed E-state index contributed by atoms with van der Waals surface area (Å²) < 4.78 is 5.22. The maximum atomic E-state index is 11.9. The highest BCUT2D eigenvalue weighted by atomic mass is 16.5. The van der Waals surface area contributed by atoms with Crippen LogP contribution >= 0.6 is 0 Å². The molecule has 0 saturated carbocycles. The molecule has 2 saturated heterocycles. The predicted molar refractivity (Wildman–Crippen MR) is 53.0 cm³/mol. The second-order valence-electron chi connectivity index (χ2n) is 4.09. The van der Waals surface area contributed by atoms with Gasteiger partial charge >= 0.3 is 0 Å². The molecule has 0 bridgehead atoms. The number of nitrogens with zero attached hydrogens (tertiary/aromatic N) is 1. The van der Waals surface area contributed by atoms with Crippen LogP contribution in [-0.2, 0) is 9.53 Å². The van der Waals surface area contributed by atoms with Gasteiger partial charge in [-0.3, -0.25) is 4.79 Å². The molecule has 0 spiro atoms. The first-order chi connectivity index (χ1) is 6.81. The zero-order valence-electron chi connectivity index (χ0n) is 8.66. The van der Waals surface area contributed by atoms with E-state index in [0.29, 0.717) is 0 Å². The highest BCUT2D eigenvalue weighted by Gasteiger charge is 2.32. The van der Waals surface area contributed by atoms with Crippen molar-refractivity contribution in [2.75, 3.05) is 26.7 Å². The summed E-state index contributed by atoms with van der Waals surface area (Å²) in [6.45, 7) is 2.68. The third-order valence-electron chi connectivity index (χ3n) is 3.14. The standard InChI is InChI=1S/C10H18N2O2/c1-14-8-6-9(11-7-8)10(13)12-4-2-3-5-12/h8-9,11H,2-7H2,1H3/t8-,9+/m0/s1. The molecule has 14 heavy (non-hydrogen) atoms. The normalized spacial score (nSPS) is 32.5. The summed E-state index contributed by atoms with van der Waals surface area (Å²) in [4.78, 5) is 13.9. The van der Waals surface area contributed by atoms with E-state index in [1.165, 1.54) is 0 Å². The largest absolute Gasteiger partial charge is 0.380 e. The van der Waals surface area contributed by atoms with E-state index in [-0.39, 0.29) is 18.1 Å². The Balaban J connectivity index is 1.86. The maximum Gasteiger partial charge on any atom is 0.239 e. The molecule has 0 aromatic carbocycles. The number of methoxy groups -OCH3 is 1. The zero-order chi connectivity index (χ0) is 9.97. The number of carbonyl (C=O) groups excluding carboxylic acids is 1. The first-order valence-electron chi connectivity index (χ1n) is 5.36. The minimum Gasteiger partial charge on any atom is -0.380 e. The van der Waals surface area contributed by atoms with Crippen molar-refractivity contribution in [3.63, 3.8) is 0 Å². The molecule has 2 aliphatic rings. The number of ether oxygens (including phenoxy) is 1. The molecule has 0 unspecified atom stereocenters. The fraction of sp³-hybridized carbons (Fsp3) is 0.900. The van der Waals surface area contributed by atoms with Crippen LogP contribution in [0.2, 0.25) is 0 Å². The number of rotatable bonds is 2. The Morgan fingerprint density at radius 1 is 1.43 bits per heavy atom. The van der Waals surface area contributed by atoms with Crippen LogP contribution in [0.15, 0.2) is 0 Å². The smallest absolute Gasteiger partial charge is 0.239 e. The first kappa shape index (κ1) is 9.93. The van der Waals surface area contributed by atoms with E-state index < -0.39 is 0 Å². The zero-order valence-corrected chi connectivity index (χ0v) is 8.66. The molecular weight excluding hydrogens is 180 g/mol. The molecular formula is C10H18N2O2. The van der Waals surface area contributed by atoms with Crippen LogP contribution < -0.4 is 5.32 Å². The Hall–Kier alpha value is -0.610. The van der Waals surface area contributed by atoms with Gasteiger partial charge in [0.15, 0.2) is 0 Å². The third-order valence-corrected chi connectivity index (χ3v) is 3.14. The van der Waals surface area contributed by atoms with Gasteiger partial charge in [0.05, 0.1) is 12.1 Å². The monoisotopic (exact) mass is 198 g/mol. The Bertz CT molecular complexity index is 214. The van der Waals surface area contributed by atoms with Crippen molar-refractivity contribution in [3.05, 3.63) is 0 Å². The van der Waals surface area contributed by atoms with E-state index in [1.807, 2.05) is 4.90 Å². The molecule has 0 aromatic heterocycles. The van der Waals surface area contributed by atoms with Crippen LogP contribution in [0, 0.1) is 0 Å². The Labute approximate surface area is 84.6 Å². The summed E-state index contributed by atoms with van der Waals surface area (Å²) in [6, 6.07) is -0.00181. The Morgan fingerprint density at radius 3 is 2.71 bits per heavy atom. The Morgan fingerprint density at radius 2 is 2.14 bits per heavy atom. The van der Waals surface area contributed by atoms with Crippen LogP contribution in [0.4, 0.5) is 0 Å². The average Bonchev–Trinajstić information content (AvgIpc) is 2.88. The number of hydrogen-bond acceptors (Lipinski definition) is 3. The summed E-state index contributed by atoms with van der Waals surface area (Å²) in [5, 5.41) is 3.22. The second kappa shape index (κ2) is 4.28. The van der Waals surface area contributed by atoms with Crippen molar-refractivity contribution in [1.82, 2.24) is 10.2 Å². The molecule has 80 valence electrons. The Kier molecular flexibility index (Phi) is 3.03. The van der Waals surface area contributed by atoms with Gasteiger partial charge in [-0.25, -0.2) is 0 Å². The molecule has 0 aliphatic carbocycles. The fourth-order valence-corrected chi connectivity index (χ4v) is 2.23. The van der Waals surface area contributed by atoms with Crippen LogP contribution in [0.25, 0.3) is 0 Å². The lowest BCUT2D eigenvalue weighted by Crippen LogP contribution is -2.42. The molecule has 2 rings (SSSR count). The molecule has 0 aromatic rings. The number of carbonyl (C=O) groups is 1. The second-order valence-corrected chi connectivity index (χ2v) is 4.09. The van der Waals surface area contributed by atoms with E-state index in [4.69, 9.17) is 4.74 Å². The third kappa shape index (κ3) is 1.91. The highest BCUT2D eigenvalue weighted by molar-refractivity contribution is 5.82. The van der Waals surface area contributed by atoms with Gasteiger partial charge in [0, 0.05) is 26.7 Å². The van der Waals surface area contributed by atoms with Gasteiger partial charge in [0.25, 0.3) is 0 Å². The van der Waals surface area contributed by atoms with Crippen molar-refractivity contribution in [2.45, 2.75) is 31.4 Å². The fourth-order valence-electron chi connectivity index (χ4n) is 2.23. The van der Waals surface area contributed by atoms with Crippen molar-refractivity contribution >= 4 is 5.91 Å². The van der Waals surface area contributed by atoms with E-state index >= 15 is 0 Å². The lowest BCUT2D eigenvalue weighted by atomic mass is 10.2. The van der Waals surface area contributed by atoms with Gasteiger partial charge in [-0.05, 0) is 19.3 Å². The van der Waals surface area contributed by atoms with Crippen LogP contribution in [0.5, 0.6) is 0 Å². The highest BCUT2D eigenvalue weighted by Crippen LogP contribution is 2.15. The SMILES string of the molecule is CO[C@@H]1CN[C@@H](C(=O)N2CCCC2)C1. The van der Waals surface area contributed by atoms with Crippen LogP contribution in [-0.4, -0.2) is 49.7 Å². The van der Waals surface area contributed by atoms with Gasteiger partial charge in [0.2, 0.25) is 5.91 Å². The summed E-state index contributed by atoms with van der Waals surface area (Å²) in [5.74, 6) is 0.266. The van der Waals surface area contributed by atoms with Gasteiger partial charge in [-0.15, -0.1) is 0 Å². The molecule has 1 N–H and O–H groups in total. The molecule has 1 amide bonds.